The Bertz CT molecular complexity index is 1060. The van der Waals surface area contributed by atoms with Gasteiger partial charge in [-0.15, -0.1) is 0 Å². The van der Waals surface area contributed by atoms with Crippen LogP contribution in [0.3, 0.4) is 0 Å². The lowest BCUT2D eigenvalue weighted by Gasteiger charge is -2.47. The molecule has 242 valence electrons. The number of carbonyl (C=O) groups excluding carboxylic acids is 7. The van der Waals surface area contributed by atoms with E-state index in [4.69, 9.17) is 37.9 Å². The van der Waals surface area contributed by atoms with Gasteiger partial charge in [0.1, 0.15) is 18.8 Å². The number of hydrogen-bond acceptors (Lipinski definition) is 15. The quantitative estimate of drug-likeness (QED) is 0.237. The smallest absolute Gasteiger partial charge is 0.303 e. The van der Waals surface area contributed by atoms with Crippen molar-refractivity contribution in [1.82, 2.24) is 5.32 Å². The van der Waals surface area contributed by atoms with E-state index in [0.717, 1.165) is 27.7 Å². The van der Waals surface area contributed by atoms with Crippen LogP contribution in [0, 0.1) is 5.92 Å². The van der Waals surface area contributed by atoms with Crippen molar-refractivity contribution >= 4 is 41.7 Å². The highest BCUT2D eigenvalue weighted by Gasteiger charge is 2.54. The molecule has 0 radical (unpaired) electrons. The van der Waals surface area contributed by atoms with Crippen LogP contribution >= 0.6 is 0 Å². The first-order chi connectivity index (χ1) is 20.1. The summed E-state index contributed by atoms with van der Waals surface area (Å²) in [5.41, 5.74) is 0. The maximum Gasteiger partial charge on any atom is 0.303 e. The van der Waals surface area contributed by atoms with E-state index in [0.29, 0.717) is 0 Å². The first-order valence-corrected chi connectivity index (χ1v) is 13.6. The third-order valence-electron chi connectivity index (χ3n) is 6.43. The molecule has 0 aromatic rings. The fraction of sp³-hybridized carbons (Fsp3) is 0.741. The molecule has 0 unspecified atom stereocenters. The second-order valence-corrected chi connectivity index (χ2v) is 10.2. The van der Waals surface area contributed by atoms with Gasteiger partial charge < -0.3 is 43.2 Å². The summed E-state index contributed by atoms with van der Waals surface area (Å²) < 4.78 is 44.3. The van der Waals surface area contributed by atoms with E-state index in [9.17, 15) is 33.6 Å². The Morgan fingerprint density at radius 2 is 1.14 bits per heavy atom. The van der Waals surface area contributed by atoms with Gasteiger partial charge in [0.05, 0.1) is 18.8 Å². The molecule has 43 heavy (non-hydrogen) atoms. The van der Waals surface area contributed by atoms with E-state index in [2.05, 4.69) is 5.32 Å². The normalized spacial score (nSPS) is 30.2. The van der Waals surface area contributed by atoms with Crippen molar-refractivity contribution in [2.45, 2.75) is 110 Å². The van der Waals surface area contributed by atoms with Crippen molar-refractivity contribution in [3.8, 4) is 0 Å². The predicted molar refractivity (Wildman–Crippen MR) is 139 cm³/mol. The molecule has 9 atom stereocenters. The summed E-state index contributed by atoms with van der Waals surface area (Å²) in [6.07, 6.45) is -8.73. The van der Waals surface area contributed by atoms with E-state index >= 15 is 0 Å². The molecule has 1 aliphatic carbocycles. The zero-order valence-corrected chi connectivity index (χ0v) is 25.1. The average molecular weight is 618 g/mol. The Labute approximate surface area is 248 Å². The monoisotopic (exact) mass is 617 g/mol. The van der Waals surface area contributed by atoms with Crippen LogP contribution in [-0.2, 0) is 71.5 Å². The van der Waals surface area contributed by atoms with E-state index in [-0.39, 0.29) is 19.4 Å². The van der Waals surface area contributed by atoms with Gasteiger partial charge >= 0.3 is 35.8 Å². The first-order valence-electron chi connectivity index (χ1n) is 13.6. The lowest BCUT2D eigenvalue weighted by molar-refractivity contribution is -0.322. The lowest BCUT2D eigenvalue weighted by Crippen LogP contribution is -2.65. The second-order valence-electron chi connectivity index (χ2n) is 10.2. The van der Waals surface area contributed by atoms with Crippen LogP contribution in [0.2, 0.25) is 0 Å². The molecule has 1 saturated heterocycles. The van der Waals surface area contributed by atoms with Gasteiger partial charge in [-0.1, -0.05) is 0 Å². The van der Waals surface area contributed by atoms with Crippen LogP contribution in [0.5, 0.6) is 0 Å². The minimum Gasteiger partial charge on any atom is -0.465 e. The first kappa shape index (κ1) is 35.4. The Balaban J connectivity index is 2.57. The van der Waals surface area contributed by atoms with Crippen LogP contribution < -0.4 is 5.32 Å². The number of nitrogens with one attached hydrogen (secondary N) is 1. The Kier molecular flexibility index (Phi) is 13.3. The summed E-state index contributed by atoms with van der Waals surface area (Å²) >= 11 is 0. The Morgan fingerprint density at radius 1 is 0.628 bits per heavy atom. The number of hydrogen-bond donors (Lipinski definition) is 1. The largest absolute Gasteiger partial charge is 0.465 e. The van der Waals surface area contributed by atoms with Crippen LogP contribution in [0.4, 0.5) is 0 Å². The van der Waals surface area contributed by atoms with Crippen LogP contribution in [0.25, 0.3) is 0 Å². The summed E-state index contributed by atoms with van der Waals surface area (Å²) in [6.45, 7) is 7.48. The number of amides is 1. The van der Waals surface area contributed by atoms with Crippen molar-refractivity contribution in [3.63, 3.8) is 0 Å². The van der Waals surface area contributed by atoms with Gasteiger partial charge in [-0.25, -0.2) is 0 Å². The number of rotatable bonds is 11. The van der Waals surface area contributed by atoms with Crippen LogP contribution in [0.15, 0.2) is 0 Å². The van der Waals surface area contributed by atoms with Crippen molar-refractivity contribution in [3.05, 3.63) is 0 Å². The molecule has 16 nitrogen and oxygen atoms in total. The molecule has 1 saturated carbocycles. The molecule has 1 amide bonds. The van der Waals surface area contributed by atoms with Gasteiger partial charge in [0.2, 0.25) is 5.91 Å². The molecule has 0 aromatic heterocycles. The molecule has 1 N–H and O–H groups in total. The van der Waals surface area contributed by atoms with Gasteiger partial charge in [-0.3, -0.25) is 33.6 Å². The maximum atomic E-state index is 12.2. The SMILES string of the molecule is CC(=O)N[C@@H]1[C@@H](COC(C)=O)C[C@@H](OC(C)=O)C[C@H]1O[C@@H]1O[C@H](COC(C)=O)[C@@H](OC(C)=O)[C@H](OC(C)=O)[C@H]1OC(C)=O. The predicted octanol–water partition coefficient (Wildman–Crippen LogP) is -0.136. The molecule has 1 aliphatic heterocycles. The molecular weight excluding hydrogens is 578 g/mol. The third kappa shape index (κ3) is 11.4. The average Bonchev–Trinajstić information content (AvgIpc) is 2.85. The highest BCUT2D eigenvalue weighted by Crippen LogP contribution is 2.35. The minimum atomic E-state index is -1.55. The standard InChI is InChI=1S/C27H39NO15/c1-12(29)28-23-19(10-36-13(2)30)8-20(38-15(4)32)9-21(23)42-27-26(41-18(7)35)25(40-17(6)34)24(39-16(5)33)22(43-27)11-37-14(3)31/h19-27H,8-11H2,1-7H3,(H,28,29)/t19-,20-,21-,22-,23-,24-,25+,26-,27-/m1/s1. The molecule has 1 heterocycles. The van der Waals surface area contributed by atoms with Crippen LogP contribution in [0.1, 0.15) is 61.3 Å². The zero-order valence-electron chi connectivity index (χ0n) is 25.1. The highest BCUT2D eigenvalue weighted by atomic mass is 16.7. The summed E-state index contributed by atoms with van der Waals surface area (Å²) in [5, 5.41) is 2.77. The van der Waals surface area contributed by atoms with E-state index in [1.807, 2.05) is 0 Å². The fourth-order valence-electron chi connectivity index (χ4n) is 5.07. The highest BCUT2D eigenvalue weighted by molar-refractivity contribution is 5.73. The molecule has 0 aromatic carbocycles. The van der Waals surface area contributed by atoms with Gasteiger partial charge in [0.25, 0.3) is 0 Å². The maximum absolute atomic E-state index is 12.2. The number of esters is 6. The van der Waals surface area contributed by atoms with Gasteiger partial charge in [0, 0.05) is 60.8 Å². The molecule has 2 aliphatic rings. The van der Waals surface area contributed by atoms with E-state index < -0.39 is 103 Å². The molecule has 2 fully saturated rings. The molecule has 16 heteroatoms. The van der Waals surface area contributed by atoms with Crippen molar-refractivity contribution in [1.29, 1.82) is 0 Å². The Morgan fingerprint density at radius 3 is 1.65 bits per heavy atom. The third-order valence-corrected chi connectivity index (χ3v) is 6.43. The minimum absolute atomic E-state index is 0.0218. The molecular formula is C27H39NO15. The lowest BCUT2D eigenvalue weighted by atomic mass is 9.80. The number of carbonyl (C=O) groups is 7. The van der Waals surface area contributed by atoms with Gasteiger partial charge in [-0.2, -0.15) is 0 Å². The van der Waals surface area contributed by atoms with Crippen LogP contribution in [-0.4, -0.2) is 104 Å². The summed E-state index contributed by atoms with van der Waals surface area (Å²) in [5.74, 6) is -5.34. The van der Waals surface area contributed by atoms with Gasteiger partial charge in [-0.05, 0) is 6.42 Å². The summed E-state index contributed by atoms with van der Waals surface area (Å²) in [4.78, 5) is 83.5. The molecule has 0 bridgehead atoms. The summed E-state index contributed by atoms with van der Waals surface area (Å²) in [7, 11) is 0. The van der Waals surface area contributed by atoms with E-state index in [1.165, 1.54) is 20.8 Å². The molecule has 2 rings (SSSR count). The van der Waals surface area contributed by atoms with Crippen molar-refractivity contribution < 1.29 is 71.5 Å². The van der Waals surface area contributed by atoms with Crippen molar-refractivity contribution in [2.75, 3.05) is 13.2 Å². The Hall–Kier alpha value is -3.79. The van der Waals surface area contributed by atoms with E-state index in [1.54, 1.807) is 0 Å². The second kappa shape index (κ2) is 16.2. The fourth-order valence-corrected chi connectivity index (χ4v) is 5.07. The molecule has 0 spiro atoms. The van der Waals surface area contributed by atoms with Crippen molar-refractivity contribution in [2.24, 2.45) is 5.92 Å². The van der Waals surface area contributed by atoms with Gasteiger partial charge in [0.15, 0.2) is 24.6 Å². The number of ether oxygens (including phenoxy) is 8. The summed E-state index contributed by atoms with van der Waals surface area (Å²) in [6, 6.07) is -0.824. The zero-order chi connectivity index (χ0) is 32.4. The topological polar surface area (TPSA) is 205 Å².